The SMILES string of the molecule is CCCCCCC(NC)c1sccc1Cl. The Labute approximate surface area is 102 Å². The van der Waals surface area contributed by atoms with Gasteiger partial charge < -0.3 is 5.32 Å². The van der Waals surface area contributed by atoms with Crippen molar-refractivity contribution in [3.63, 3.8) is 0 Å². The predicted octanol–water partition coefficient (Wildman–Crippen LogP) is 4.63. The average Bonchev–Trinajstić information content (AvgIpc) is 2.65. The molecular formula is C12H20ClNS. The van der Waals surface area contributed by atoms with Crippen LogP contribution in [0, 0.1) is 0 Å². The number of rotatable bonds is 7. The van der Waals surface area contributed by atoms with E-state index in [1.54, 1.807) is 11.3 Å². The van der Waals surface area contributed by atoms with E-state index >= 15 is 0 Å². The van der Waals surface area contributed by atoms with Crippen molar-refractivity contribution in [2.24, 2.45) is 0 Å². The van der Waals surface area contributed by atoms with Gasteiger partial charge in [0.1, 0.15) is 0 Å². The smallest absolute Gasteiger partial charge is 0.0561 e. The summed E-state index contributed by atoms with van der Waals surface area (Å²) in [6.45, 7) is 2.24. The monoisotopic (exact) mass is 245 g/mol. The molecule has 1 heterocycles. The van der Waals surface area contributed by atoms with Gasteiger partial charge in [0.15, 0.2) is 0 Å². The van der Waals surface area contributed by atoms with Gasteiger partial charge in [-0.3, -0.25) is 0 Å². The van der Waals surface area contributed by atoms with E-state index in [0.29, 0.717) is 6.04 Å². The summed E-state index contributed by atoms with van der Waals surface area (Å²) in [4.78, 5) is 1.29. The number of thiophene rings is 1. The quantitative estimate of drug-likeness (QED) is 0.691. The van der Waals surface area contributed by atoms with Gasteiger partial charge in [-0.1, -0.05) is 44.2 Å². The summed E-state index contributed by atoms with van der Waals surface area (Å²) in [6, 6.07) is 2.42. The Morgan fingerprint density at radius 2 is 2.20 bits per heavy atom. The molecule has 0 spiro atoms. The van der Waals surface area contributed by atoms with Gasteiger partial charge in [0.2, 0.25) is 0 Å². The summed E-state index contributed by atoms with van der Waals surface area (Å²) < 4.78 is 0. The average molecular weight is 246 g/mol. The van der Waals surface area contributed by atoms with Crippen molar-refractivity contribution < 1.29 is 0 Å². The van der Waals surface area contributed by atoms with E-state index < -0.39 is 0 Å². The van der Waals surface area contributed by atoms with Gasteiger partial charge in [-0.15, -0.1) is 11.3 Å². The zero-order valence-corrected chi connectivity index (χ0v) is 11.1. The van der Waals surface area contributed by atoms with Gasteiger partial charge in [-0.2, -0.15) is 0 Å². The highest BCUT2D eigenvalue weighted by atomic mass is 35.5. The van der Waals surface area contributed by atoms with Crippen molar-refractivity contribution in [3.05, 3.63) is 21.3 Å². The van der Waals surface area contributed by atoms with E-state index in [-0.39, 0.29) is 0 Å². The second kappa shape index (κ2) is 7.26. The maximum atomic E-state index is 6.12. The Morgan fingerprint density at radius 3 is 2.73 bits per heavy atom. The second-order valence-corrected chi connectivity index (χ2v) is 5.18. The van der Waals surface area contributed by atoms with Crippen LogP contribution in [0.4, 0.5) is 0 Å². The number of hydrogen-bond donors (Lipinski definition) is 1. The Kier molecular flexibility index (Phi) is 6.30. The molecule has 0 aromatic carbocycles. The molecule has 1 nitrogen and oxygen atoms in total. The normalized spacial score (nSPS) is 13.0. The first kappa shape index (κ1) is 13.0. The maximum absolute atomic E-state index is 6.12. The Bertz CT molecular complexity index is 272. The second-order valence-electron chi connectivity index (χ2n) is 3.82. The fraction of sp³-hybridized carbons (Fsp3) is 0.667. The summed E-state index contributed by atoms with van der Waals surface area (Å²) in [5.74, 6) is 0. The van der Waals surface area contributed by atoms with E-state index in [4.69, 9.17) is 11.6 Å². The molecule has 1 N–H and O–H groups in total. The molecule has 15 heavy (non-hydrogen) atoms. The topological polar surface area (TPSA) is 12.0 Å². The minimum absolute atomic E-state index is 0.439. The third-order valence-electron chi connectivity index (χ3n) is 2.66. The van der Waals surface area contributed by atoms with Gasteiger partial charge >= 0.3 is 0 Å². The van der Waals surface area contributed by atoms with Gasteiger partial charge in [0.25, 0.3) is 0 Å². The molecule has 1 aromatic rings. The molecule has 0 saturated carbocycles. The molecule has 0 saturated heterocycles. The van der Waals surface area contributed by atoms with Crippen LogP contribution in [0.3, 0.4) is 0 Å². The fourth-order valence-electron chi connectivity index (χ4n) is 1.74. The Balaban J connectivity index is 2.39. The summed E-state index contributed by atoms with van der Waals surface area (Å²) in [7, 11) is 2.01. The van der Waals surface area contributed by atoms with Crippen LogP contribution in [0.25, 0.3) is 0 Å². The lowest BCUT2D eigenvalue weighted by Gasteiger charge is -2.14. The minimum atomic E-state index is 0.439. The third kappa shape index (κ3) is 4.13. The van der Waals surface area contributed by atoms with Crippen LogP contribution < -0.4 is 5.32 Å². The van der Waals surface area contributed by atoms with Crippen molar-refractivity contribution in [1.82, 2.24) is 5.32 Å². The fourth-order valence-corrected chi connectivity index (χ4v) is 3.07. The lowest BCUT2D eigenvalue weighted by atomic mass is 10.1. The van der Waals surface area contributed by atoms with Crippen molar-refractivity contribution >= 4 is 22.9 Å². The van der Waals surface area contributed by atoms with Crippen molar-refractivity contribution in [2.75, 3.05) is 7.05 Å². The van der Waals surface area contributed by atoms with Gasteiger partial charge in [-0.25, -0.2) is 0 Å². The summed E-state index contributed by atoms with van der Waals surface area (Å²) in [6.07, 6.45) is 6.45. The summed E-state index contributed by atoms with van der Waals surface area (Å²) >= 11 is 7.88. The molecule has 0 fully saturated rings. The zero-order chi connectivity index (χ0) is 11.1. The summed E-state index contributed by atoms with van der Waals surface area (Å²) in [5.41, 5.74) is 0. The maximum Gasteiger partial charge on any atom is 0.0561 e. The molecule has 0 bridgehead atoms. The largest absolute Gasteiger partial charge is 0.312 e. The molecular weight excluding hydrogens is 226 g/mol. The lowest BCUT2D eigenvalue weighted by molar-refractivity contribution is 0.511. The van der Waals surface area contributed by atoms with Crippen LogP contribution in [-0.2, 0) is 0 Å². The number of hydrogen-bond acceptors (Lipinski definition) is 2. The van der Waals surface area contributed by atoms with Crippen LogP contribution in [0.2, 0.25) is 5.02 Å². The lowest BCUT2D eigenvalue weighted by Crippen LogP contribution is -2.15. The highest BCUT2D eigenvalue weighted by molar-refractivity contribution is 7.10. The summed E-state index contributed by atoms with van der Waals surface area (Å²) in [5, 5.41) is 6.32. The van der Waals surface area contributed by atoms with Crippen LogP contribution in [0.15, 0.2) is 11.4 Å². The number of nitrogens with one attached hydrogen (secondary N) is 1. The highest BCUT2D eigenvalue weighted by Gasteiger charge is 2.13. The molecule has 1 rings (SSSR count). The Morgan fingerprint density at radius 1 is 1.40 bits per heavy atom. The molecule has 0 amide bonds. The minimum Gasteiger partial charge on any atom is -0.312 e. The van der Waals surface area contributed by atoms with Crippen LogP contribution in [0.5, 0.6) is 0 Å². The molecule has 0 aliphatic carbocycles. The third-order valence-corrected chi connectivity index (χ3v) is 4.13. The molecule has 3 heteroatoms. The first-order valence-corrected chi connectivity index (χ1v) is 6.95. The number of halogens is 1. The first-order chi connectivity index (χ1) is 7.29. The van der Waals surface area contributed by atoms with E-state index in [2.05, 4.69) is 17.6 Å². The van der Waals surface area contributed by atoms with E-state index in [1.165, 1.54) is 37.0 Å². The van der Waals surface area contributed by atoms with Gasteiger partial charge in [-0.05, 0) is 24.9 Å². The van der Waals surface area contributed by atoms with Crippen molar-refractivity contribution in [3.8, 4) is 0 Å². The highest BCUT2D eigenvalue weighted by Crippen LogP contribution is 2.31. The van der Waals surface area contributed by atoms with E-state index in [9.17, 15) is 0 Å². The molecule has 86 valence electrons. The molecule has 0 aliphatic heterocycles. The van der Waals surface area contributed by atoms with Crippen molar-refractivity contribution in [1.29, 1.82) is 0 Å². The van der Waals surface area contributed by atoms with Crippen LogP contribution in [0.1, 0.15) is 49.9 Å². The van der Waals surface area contributed by atoms with E-state index in [1.807, 2.05) is 13.1 Å². The molecule has 0 radical (unpaired) electrons. The molecule has 1 unspecified atom stereocenters. The van der Waals surface area contributed by atoms with Gasteiger partial charge in [0.05, 0.1) is 5.02 Å². The number of unbranched alkanes of at least 4 members (excludes halogenated alkanes) is 3. The molecule has 1 aromatic heterocycles. The Hall–Kier alpha value is -0.0500. The first-order valence-electron chi connectivity index (χ1n) is 5.69. The van der Waals surface area contributed by atoms with Crippen LogP contribution >= 0.6 is 22.9 Å². The standard InChI is InChI=1S/C12H20ClNS/c1-3-4-5-6-7-11(14-2)12-10(13)8-9-15-12/h8-9,11,14H,3-7H2,1-2H3. The molecule has 0 aliphatic rings. The van der Waals surface area contributed by atoms with Gasteiger partial charge in [0, 0.05) is 10.9 Å². The van der Waals surface area contributed by atoms with E-state index in [0.717, 1.165) is 5.02 Å². The predicted molar refractivity (Wildman–Crippen MR) is 69.9 cm³/mol. The van der Waals surface area contributed by atoms with Crippen LogP contribution in [-0.4, -0.2) is 7.05 Å². The zero-order valence-electron chi connectivity index (χ0n) is 9.55. The van der Waals surface area contributed by atoms with Crippen molar-refractivity contribution in [2.45, 2.75) is 45.1 Å². The molecule has 1 atom stereocenters.